The van der Waals surface area contributed by atoms with Gasteiger partial charge in [0.1, 0.15) is 0 Å². The molecule has 0 aromatic rings. The van der Waals surface area contributed by atoms with Gasteiger partial charge in [-0.1, -0.05) is 39.5 Å². The van der Waals surface area contributed by atoms with Gasteiger partial charge in [0.05, 0.1) is 0 Å². The molecule has 0 fully saturated rings. The minimum absolute atomic E-state index is 0. The molecule has 0 spiro atoms. The molecule has 17 heavy (non-hydrogen) atoms. The molecule has 0 saturated heterocycles. The maximum Gasteiger partial charge on any atom is 4.00 e. The summed E-state index contributed by atoms with van der Waals surface area (Å²) in [7, 11) is 0. The molecule has 0 saturated carbocycles. The number of allylic oxidation sites excluding steroid dienone is 8. The first-order valence-electron chi connectivity index (χ1n) is 6.39. The van der Waals surface area contributed by atoms with Crippen LogP contribution in [0.5, 0.6) is 0 Å². The Morgan fingerprint density at radius 1 is 0.941 bits per heavy atom. The Balaban J connectivity index is -0.000000233. The van der Waals surface area contributed by atoms with Crippen LogP contribution in [0.25, 0.3) is 0 Å². The Morgan fingerprint density at radius 3 is 1.59 bits per heavy atom. The maximum atomic E-state index is 3.26. The van der Waals surface area contributed by atoms with Crippen molar-refractivity contribution in [3.8, 4) is 0 Å². The van der Waals surface area contributed by atoms with Gasteiger partial charge in [0.2, 0.25) is 0 Å². The van der Waals surface area contributed by atoms with Gasteiger partial charge in [0.25, 0.3) is 0 Å². The standard InChI is InChI=1S/2C8H11.Hf.2H/c2*1-2-5-8-6-3-4-7-8;;;/h2*3,6H,2,4-5H2,1H3;;;/q2*-1;+4;2*-1. The SMILES string of the molecule is CCCC1=[C-]CC=C1.CCCC1=[C-]CC=C1.[H-].[H-].[Hf+4]. The third kappa shape index (κ3) is 7.70. The molecule has 0 amide bonds. The molecular formula is C16H24Hf. The molecule has 0 aromatic carbocycles. The molecule has 1 heteroatoms. The summed E-state index contributed by atoms with van der Waals surface area (Å²) in [5, 5.41) is 0. The predicted octanol–water partition coefficient (Wildman–Crippen LogP) is 5.17. The van der Waals surface area contributed by atoms with Crippen LogP contribution in [0.2, 0.25) is 0 Å². The quantitative estimate of drug-likeness (QED) is 0.455. The second-order valence-corrected chi connectivity index (χ2v) is 4.12. The molecule has 0 aromatic heterocycles. The zero-order chi connectivity index (χ0) is 11.6. The van der Waals surface area contributed by atoms with E-state index >= 15 is 0 Å². The number of hydrogen-bond acceptors (Lipinski definition) is 0. The van der Waals surface area contributed by atoms with Crippen molar-refractivity contribution in [2.24, 2.45) is 0 Å². The van der Waals surface area contributed by atoms with Gasteiger partial charge >= 0.3 is 25.8 Å². The molecule has 2 aliphatic rings. The number of hydrogen-bond donors (Lipinski definition) is 0. The van der Waals surface area contributed by atoms with Gasteiger partial charge in [-0.25, -0.2) is 23.3 Å². The van der Waals surface area contributed by atoms with Gasteiger partial charge in [0, 0.05) is 0 Å². The average Bonchev–Trinajstić information content (AvgIpc) is 2.92. The third-order valence-electron chi connectivity index (χ3n) is 2.57. The Morgan fingerprint density at radius 2 is 1.35 bits per heavy atom. The molecule has 0 atom stereocenters. The molecule has 0 bridgehead atoms. The van der Waals surface area contributed by atoms with E-state index in [0.717, 1.165) is 12.8 Å². The summed E-state index contributed by atoms with van der Waals surface area (Å²) in [5.41, 5.74) is 2.79. The van der Waals surface area contributed by atoms with E-state index in [1.165, 1.54) is 36.8 Å². The van der Waals surface area contributed by atoms with Crippen LogP contribution in [-0.4, -0.2) is 0 Å². The molecule has 0 aliphatic heterocycles. The number of rotatable bonds is 4. The summed E-state index contributed by atoms with van der Waals surface area (Å²) in [6, 6.07) is 0. The van der Waals surface area contributed by atoms with Gasteiger partial charge in [-0.05, 0) is 0 Å². The van der Waals surface area contributed by atoms with Gasteiger partial charge in [-0.15, -0.1) is 12.8 Å². The van der Waals surface area contributed by atoms with Crippen LogP contribution in [0.1, 0.15) is 55.2 Å². The van der Waals surface area contributed by atoms with E-state index in [9.17, 15) is 0 Å². The minimum atomic E-state index is 0. The first-order valence-corrected chi connectivity index (χ1v) is 6.39. The van der Waals surface area contributed by atoms with Crippen LogP contribution >= 0.6 is 0 Å². The van der Waals surface area contributed by atoms with Gasteiger partial charge in [-0.3, -0.25) is 12.2 Å². The fourth-order valence-electron chi connectivity index (χ4n) is 1.78. The zero-order valence-electron chi connectivity index (χ0n) is 13.1. The second-order valence-electron chi connectivity index (χ2n) is 4.12. The first-order chi connectivity index (χ1) is 7.86. The summed E-state index contributed by atoms with van der Waals surface area (Å²) in [4.78, 5) is 0. The van der Waals surface area contributed by atoms with Crippen LogP contribution in [0.15, 0.2) is 35.5 Å². The summed E-state index contributed by atoms with van der Waals surface area (Å²) in [6.07, 6.45) is 22.2. The molecule has 0 nitrogen and oxygen atoms in total. The average molecular weight is 395 g/mol. The largest absolute Gasteiger partial charge is 4.00 e. The van der Waals surface area contributed by atoms with E-state index in [4.69, 9.17) is 0 Å². The maximum absolute atomic E-state index is 3.26. The normalized spacial score (nSPS) is 15.9. The van der Waals surface area contributed by atoms with E-state index in [1.807, 2.05) is 0 Å². The summed E-state index contributed by atoms with van der Waals surface area (Å²) < 4.78 is 0. The third-order valence-corrected chi connectivity index (χ3v) is 2.57. The Bertz CT molecular complexity index is 283. The van der Waals surface area contributed by atoms with Crippen molar-refractivity contribution in [2.45, 2.75) is 52.4 Å². The van der Waals surface area contributed by atoms with Crippen molar-refractivity contribution in [3.05, 3.63) is 47.6 Å². The van der Waals surface area contributed by atoms with Crippen molar-refractivity contribution in [3.63, 3.8) is 0 Å². The van der Waals surface area contributed by atoms with Crippen LogP contribution < -0.4 is 0 Å². The van der Waals surface area contributed by atoms with Crippen LogP contribution in [0.3, 0.4) is 0 Å². The fraction of sp³-hybridized carbons (Fsp3) is 0.500. The minimum Gasteiger partial charge on any atom is -1.00 e. The van der Waals surface area contributed by atoms with Crippen molar-refractivity contribution in [1.82, 2.24) is 0 Å². The predicted molar refractivity (Wildman–Crippen MR) is 73.1 cm³/mol. The summed E-state index contributed by atoms with van der Waals surface area (Å²) >= 11 is 0. The van der Waals surface area contributed by atoms with Crippen LogP contribution in [-0.2, 0) is 25.8 Å². The van der Waals surface area contributed by atoms with Crippen molar-refractivity contribution in [1.29, 1.82) is 0 Å². The van der Waals surface area contributed by atoms with E-state index in [0.29, 0.717) is 0 Å². The van der Waals surface area contributed by atoms with E-state index < -0.39 is 0 Å². The molecule has 2 aliphatic carbocycles. The van der Waals surface area contributed by atoms with Gasteiger partial charge in [0.15, 0.2) is 0 Å². The summed E-state index contributed by atoms with van der Waals surface area (Å²) in [5.74, 6) is 0. The monoisotopic (exact) mass is 396 g/mol. The second kappa shape index (κ2) is 11.0. The molecule has 92 valence electrons. The molecule has 0 radical (unpaired) electrons. The Hall–Kier alpha value is -0.170. The molecule has 0 unspecified atom stereocenters. The van der Waals surface area contributed by atoms with Crippen molar-refractivity contribution >= 4 is 0 Å². The Kier molecular flexibility index (Phi) is 10.8. The van der Waals surface area contributed by atoms with Crippen LogP contribution in [0, 0.1) is 12.2 Å². The first kappa shape index (κ1) is 16.8. The van der Waals surface area contributed by atoms with Crippen molar-refractivity contribution in [2.75, 3.05) is 0 Å². The van der Waals surface area contributed by atoms with Crippen molar-refractivity contribution < 1.29 is 28.7 Å². The molecular weight excluding hydrogens is 371 g/mol. The molecule has 0 heterocycles. The summed E-state index contributed by atoms with van der Waals surface area (Å²) in [6.45, 7) is 4.39. The van der Waals surface area contributed by atoms with E-state index in [1.54, 1.807) is 0 Å². The van der Waals surface area contributed by atoms with Crippen LogP contribution in [0.4, 0.5) is 0 Å². The van der Waals surface area contributed by atoms with E-state index in [-0.39, 0.29) is 28.7 Å². The fourth-order valence-corrected chi connectivity index (χ4v) is 1.78. The zero-order valence-corrected chi connectivity index (χ0v) is 14.6. The molecule has 0 N–H and O–H groups in total. The topological polar surface area (TPSA) is 0 Å². The molecule has 2 rings (SSSR count). The smallest absolute Gasteiger partial charge is 1.00 e. The Labute approximate surface area is 128 Å². The van der Waals surface area contributed by atoms with E-state index in [2.05, 4.69) is 50.3 Å². The van der Waals surface area contributed by atoms with Gasteiger partial charge < -0.3 is 2.85 Å². The van der Waals surface area contributed by atoms with Gasteiger partial charge in [-0.2, -0.15) is 12.2 Å².